The molecule has 1 fully saturated rings. The molecule has 2 heterocycles. The van der Waals surface area contributed by atoms with Crippen molar-refractivity contribution in [1.82, 2.24) is 14.3 Å². The summed E-state index contributed by atoms with van der Waals surface area (Å²) in [7, 11) is -3.46. The fourth-order valence-corrected chi connectivity index (χ4v) is 3.39. The van der Waals surface area contributed by atoms with Crippen LogP contribution in [0, 0.1) is 5.92 Å². The first-order valence-corrected chi connectivity index (χ1v) is 6.95. The number of H-pyrrole nitrogens is 1. The van der Waals surface area contributed by atoms with Crippen molar-refractivity contribution in [1.29, 1.82) is 0 Å². The molecular weight excluding hydrogens is 242 g/mol. The van der Waals surface area contributed by atoms with E-state index in [0.29, 0.717) is 25.9 Å². The van der Waals surface area contributed by atoms with E-state index < -0.39 is 10.0 Å². The van der Waals surface area contributed by atoms with Crippen LogP contribution in [0.1, 0.15) is 19.8 Å². The molecule has 6 nitrogen and oxygen atoms in total. The number of nitrogens with one attached hydrogen (secondary N) is 1. The first-order chi connectivity index (χ1) is 8.01. The summed E-state index contributed by atoms with van der Waals surface area (Å²) in [4.78, 5) is 17.5. The second-order valence-electron chi connectivity index (χ2n) is 4.20. The quantitative estimate of drug-likeness (QED) is 0.849. The Bertz CT molecular complexity index is 487. The number of nitrogens with zero attached hydrogens (tertiary/aromatic N) is 2. The van der Waals surface area contributed by atoms with Gasteiger partial charge in [0, 0.05) is 19.0 Å². The molecule has 17 heavy (non-hydrogen) atoms. The largest absolute Gasteiger partial charge is 0.335 e. The van der Waals surface area contributed by atoms with Gasteiger partial charge in [0.1, 0.15) is 5.78 Å². The second-order valence-corrected chi connectivity index (χ2v) is 6.11. The topological polar surface area (TPSA) is 83.1 Å². The Morgan fingerprint density at radius 1 is 1.47 bits per heavy atom. The molecule has 7 heteroatoms. The molecule has 0 aliphatic carbocycles. The van der Waals surface area contributed by atoms with Gasteiger partial charge in [-0.3, -0.25) is 4.79 Å². The van der Waals surface area contributed by atoms with Crippen molar-refractivity contribution < 1.29 is 13.2 Å². The minimum atomic E-state index is -3.46. The van der Waals surface area contributed by atoms with Crippen LogP contribution >= 0.6 is 0 Å². The van der Waals surface area contributed by atoms with Crippen LogP contribution in [-0.2, 0) is 14.8 Å². The van der Waals surface area contributed by atoms with Crippen molar-refractivity contribution in [2.24, 2.45) is 5.92 Å². The van der Waals surface area contributed by atoms with Crippen molar-refractivity contribution >= 4 is 15.8 Å². The number of Topliss-reactive ketones (excluding diaryl/α,β-unsaturated/α-hetero) is 1. The molecule has 0 bridgehead atoms. The highest BCUT2D eigenvalue weighted by Crippen LogP contribution is 2.22. The lowest BCUT2D eigenvalue weighted by Gasteiger charge is -2.29. The molecule has 0 saturated carbocycles. The number of piperidine rings is 1. The van der Waals surface area contributed by atoms with E-state index in [4.69, 9.17) is 0 Å². The van der Waals surface area contributed by atoms with E-state index in [1.165, 1.54) is 16.8 Å². The van der Waals surface area contributed by atoms with Gasteiger partial charge in [-0.1, -0.05) is 0 Å². The minimum Gasteiger partial charge on any atom is -0.335 e. The molecule has 1 aromatic rings. The molecule has 1 N–H and O–H groups in total. The monoisotopic (exact) mass is 257 g/mol. The number of hydrogen-bond donors (Lipinski definition) is 1. The average Bonchev–Trinajstić information content (AvgIpc) is 2.83. The molecule has 1 aliphatic rings. The summed E-state index contributed by atoms with van der Waals surface area (Å²) in [6.07, 6.45) is 3.84. The zero-order valence-electron chi connectivity index (χ0n) is 9.59. The van der Waals surface area contributed by atoms with Gasteiger partial charge < -0.3 is 4.98 Å². The highest BCUT2D eigenvalue weighted by molar-refractivity contribution is 7.89. The van der Waals surface area contributed by atoms with E-state index in [1.807, 2.05) is 0 Å². The zero-order chi connectivity index (χ0) is 12.5. The van der Waals surface area contributed by atoms with Crippen LogP contribution in [0.4, 0.5) is 0 Å². The van der Waals surface area contributed by atoms with Crippen LogP contribution in [0.15, 0.2) is 17.6 Å². The standard InChI is InChI=1S/C10H15N3O3S/c1-8(14)9-2-4-13(5-3-9)17(15,16)10-6-11-7-12-10/h6-7,9H,2-5H2,1H3,(H,11,12). The fourth-order valence-electron chi connectivity index (χ4n) is 2.03. The number of carbonyl (C=O) groups excluding carboxylic acids is 1. The van der Waals surface area contributed by atoms with Crippen molar-refractivity contribution in [3.05, 3.63) is 12.5 Å². The van der Waals surface area contributed by atoms with E-state index >= 15 is 0 Å². The molecule has 1 saturated heterocycles. The molecule has 1 aromatic heterocycles. The van der Waals surface area contributed by atoms with E-state index in [9.17, 15) is 13.2 Å². The Balaban J connectivity index is 2.09. The molecule has 0 spiro atoms. The van der Waals surface area contributed by atoms with Crippen molar-refractivity contribution in [3.63, 3.8) is 0 Å². The highest BCUT2D eigenvalue weighted by atomic mass is 32.2. The summed E-state index contributed by atoms with van der Waals surface area (Å²) in [6, 6.07) is 0. The smallest absolute Gasteiger partial charge is 0.260 e. The molecular formula is C10H15N3O3S. The lowest BCUT2D eigenvalue weighted by Crippen LogP contribution is -2.39. The number of aromatic amines is 1. The Hall–Kier alpha value is -1.21. The number of hydrogen-bond acceptors (Lipinski definition) is 4. The van der Waals surface area contributed by atoms with Gasteiger partial charge >= 0.3 is 0 Å². The van der Waals surface area contributed by atoms with Crippen LogP contribution in [-0.4, -0.2) is 41.6 Å². The Morgan fingerprint density at radius 3 is 2.59 bits per heavy atom. The Labute approximate surface area is 100 Å². The lowest BCUT2D eigenvalue weighted by molar-refractivity contribution is -0.121. The number of aromatic nitrogens is 2. The molecule has 0 aromatic carbocycles. The second kappa shape index (κ2) is 4.58. The van der Waals surface area contributed by atoms with Gasteiger partial charge in [0.15, 0.2) is 5.03 Å². The van der Waals surface area contributed by atoms with Crippen molar-refractivity contribution in [2.45, 2.75) is 24.8 Å². The van der Waals surface area contributed by atoms with Crippen LogP contribution in [0.5, 0.6) is 0 Å². The highest BCUT2D eigenvalue weighted by Gasteiger charge is 2.31. The minimum absolute atomic E-state index is 0.00298. The van der Waals surface area contributed by atoms with Crippen LogP contribution < -0.4 is 0 Å². The van der Waals surface area contributed by atoms with E-state index in [0.717, 1.165) is 0 Å². The maximum Gasteiger partial charge on any atom is 0.260 e. The summed E-state index contributed by atoms with van der Waals surface area (Å²) in [5, 5.41) is 0.110. The first-order valence-electron chi connectivity index (χ1n) is 5.51. The summed E-state index contributed by atoms with van der Waals surface area (Å²) < 4.78 is 25.6. The van der Waals surface area contributed by atoms with Gasteiger partial charge in [0.2, 0.25) is 0 Å². The van der Waals surface area contributed by atoms with E-state index in [-0.39, 0.29) is 16.7 Å². The predicted octanol–water partition coefficient (Wildman–Crippen LogP) is 0.399. The van der Waals surface area contributed by atoms with Gasteiger partial charge in [-0.05, 0) is 19.8 Å². The molecule has 0 radical (unpaired) electrons. The summed E-state index contributed by atoms with van der Waals surface area (Å²) >= 11 is 0. The molecule has 0 amide bonds. The molecule has 2 rings (SSSR count). The average molecular weight is 257 g/mol. The third-order valence-corrected chi connectivity index (χ3v) is 4.94. The van der Waals surface area contributed by atoms with Gasteiger partial charge in [0.25, 0.3) is 10.0 Å². The fraction of sp³-hybridized carbons (Fsp3) is 0.600. The number of sulfonamides is 1. The number of imidazole rings is 1. The van der Waals surface area contributed by atoms with Gasteiger partial charge in [-0.25, -0.2) is 13.4 Å². The summed E-state index contributed by atoms with van der Waals surface area (Å²) in [5.74, 6) is 0.145. The number of ketones is 1. The molecule has 0 atom stereocenters. The van der Waals surface area contributed by atoms with E-state index in [1.54, 1.807) is 6.92 Å². The maximum atomic E-state index is 12.1. The van der Waals surface area contributed by atoms with Gasteiger partial charge in [-0.2, -0.15) is 4.31 Å². The predicted molar refractivity (Wildman–Crippen MR) is 60.8 cm³/mol. The summed E-state index contributed by atoms with van der Waals surface area (Å²) in [5.41, 5.74) is 0. The van der Waals surface area contributed by atoms with Gasteiger partial charge in [0.05, 0.1) is 12.5 Å². The number of carbonyl (C=O) groups is 1. The zero-order valence-corrected chi connectivity index (χ0v) is 10.4. The third-order valence-electron chi connectivity index (χ3n) is 3.12. The number of rotatable bonds is 3. The normalized spacial score (nSPS) is 19.4. The van der Waals surface area contributed by atoms with E-state index in [2.05, 4.69) is 9.97 Å². The van der Waals surface area contributed by atoms with Crippen LogP contribution in [0.25, 0.3) is 0 Å². The lowest BCUT2D eigenvalue weighted by atomic mass is 9.95. The van der Waals surface area contributed by atoms with Crippen molar-refractivity contribution in [2.75, 3.05) is 13.1 Å². The SMILES string of the molecule is CC(=O)C1CCN(S(=O)(=O)c2cnc[nH]2)CC1. The summed E-state index contributed by atoms with van der Waals surface area (Å²) in [6.45, 7) is 2.35. The molecule has 1 aliphatic heterocycles. The Kier molecular flexibility index (Phi) is 3.30. The Morgan fingerprint density at radius 2 is 2.12 bits per heavy atom. The maximum absolute atomic E-state index is 12.1. The van der Waals surface area contributed by atoms with Gasteiger partial charge in [-0.15, -0.1) is 0 Å². The van der Waals surface area contributed by atoms with Crippen molar-refractivity contribution in [3.8, 4) is 0 Å². The third kappa shape index (κ3) is 2.39. The molecule has 94 valence electrons. The van der Waals surface area contributed by atoms with Crippen LogP contribution in [0.3, 0.4) is 0 Å². The molecule has 0 unspecified atom stereocenters. The van der Waals surface area contributed by atoms with Crippen LogP contribution in [0.2, 0.25) is 0 Å². The first kappa shape index (κ1) is 12.3.